The zero-order chi connectivity index (χ0) is 16.7. The SMILES string of the molecule is CC[n+]1c(/C=C2\C=C(C)c3ccccc3O2)sc2ccc(C)cc21. The van der Waals surface area contributed by atoms with E-state index in [1.54, 1.807) is 0 Å². The van der Waals surface area contributed by atoms with Crippen molar-refractivity contribution in [2.45, 2.75) is 27.3 Å². The highest BCUT2D eigenvalue weighted by Gasteiger charge is 2.20. The Balaban J connectivity index is 1.82. The van der Waals surface area contributed by atoms with Gasteiger partial charge in [0.05, 0.1) is 6.08 Å². The molecule has 1 aromatic heterocycles. The first-order valence-electron chi connectivity index (χ1n) is 8.26. The molecule has 3 heteroatoms. The second kappa shape index (κ2) is 5.91. The van der Waals surface area contributed by atoms with Crippen LogP contribution in [0, 0.1) is 6.92 Å². The van der Waals surface area contributed by atoms with Crippen LogP contribution in [0.4, 0.5) is 0 Å². The van der Waals surface area contributed by atoms with Crippen LogP contribution in [-0.2, 0) is 6.54 Å². The summed E-state index contributed by atoms with van der Waals surface area (Å²) < 4.78 is 9.77. The molecule has 1 aliphatic heterocycles. The summed E-state index contributed by atoms with van der Waals surface area (Å²) in [6.45, 7) is 7.41. The van der Waals surface area contributed by atoms with Crippen LogP contribution < -0.4 is 9.30 Å². The summed E-state index contributed by atoms with van der Waals surface area (Å²) >= 11 is 1.81. The smallest absolute Gasteiger partial charge is 0.266 e. The molecule has 0 saturated heterocycles. The normalized spacial score (nSPS) is 15.3. The van der Waals surface area contributed by atoms with Crippen molar-refractivity contribution in [3.8, 4) is 5.75 Å². The van der Waals surface area contributed by atoms with E-state index in [-0.39, 0.29) is 0 Å². The maximum Gasteiger partial charge on any atom is 0.266 e. The van der Waals surface area contributed by atoms with Crippen LogP contribution in [0.3, 0.4) is 0 Å². The molecule has 1 aliphatic rings. The van der Waals surface area contributed by atoms with Gasteiger partial charge in [-0.25, -0.2) is 0 Å². The second-order valence-electron chi connectivity index (χ2n) is 6.13. The van der Waals surface area contributed by atoms with Crippen LogP contribution in [0.5, 0.6) is 5.75 Å². The molecule has 0 spiro atoms. The molecule has 3 aromatic rings. The van der Waals surface area contributed by atoms with Gasteiger partial charge in [0.2, 0.25) is 5.52 Å². The van der Waals surface area contributed by atoms with Crippen molar-refractivity contribution in [2.24, 2.45) is 0 Å². The minimum absolute atomic E-state index is 0.900. The molecule has 0 atom stereocenters. The van der Waals surface area contributed by atoms with Crippen LogP contribution in [0.25, 0.3) is 21.9 Å². The molecule has 2 heterocycles. The molecular formula is C21H20NOS+. The monoisotopic (exact) mass is 334 g/mol. The fraction of sp³-hybridized carbons (Fsp3) is 0.190. The number of hydrogen-bond acceptors (Lipinski definition) is 2. The molecule has 0 N–H and O–H groups in total. The lowest BCUT2D eigenvalue weighted by Gasteiger charge is -2.17. The number of hydrogen-bond donors (Lipinski definition) is 0. The molecule has 0 unspecified atom stereocenters. The quantitative estimate of drug-likeness (QED) is 0.576. The van der Waals surface area contributed by atoms with E-state index in [1.165, 1.54) is 31.9 Å². The van der Waals surface area contributed by atoms with Crippen LogP contribution in [0.2, 0.25) is 0 Å². The van der Waals surface area contributed by atoms with Gasteiger partial charge in [-0.1, -0.05) is 35.6 Å². The minimum atomic E-state index is 0.900. The number of ether oxygens (including phenoxy) is 1. The van der Waals surface area contributed by atoms with Gasteiger partial charge in [-0.2, -0.15) is 4.57 Å². The number of aryl methyl sites for hydroxylation is 2. The average molecular weight is 334 g/mol. The molecule has 0 amide bonds. The number of para-hydroxylation sites is 1. The van der Waals surface area contributed by atoms with Crippen molar-refractivity contribution in [3.63, 3.8) is 0 Å². The molecule has 0 saturated carbocycles. The van der Waals surface area contributed by atoms with Crippen molar-refractivity contribution >= 4 is 33.2 Å². The van der Waals surface area contributed by atoms with Gasteiger partial charge < -0.3 is 4.74 Å². The van der Waals surface area contributed by atoms with Gasteiger partial charge in [-0.05, 0) is 50.1 Å². The Morgan fingerprint density at radius 1 is 1.12 bits per heavy atom. The lowest BCUT2D eigenvalue weighted by atomic mass is 10.0. The lowest BCUT2D eigenvalue weighted by molar-refractivity contribution is -0.665. The van der Waals surface area contributed by atoms with Crippen molar-refractivity contribution in [1.29, 1.82) is 0 Å². The van der Waals surface area contributed by atoms with Crippen LogP contribution in [-0.4, -0.2) is 0 Å². The second-order valence-corrected chi connectivity index (χ2v) is 7.19. The zero-order valence-corrected chi connectivity index (χ0v) is 15.0. The Kier molecular flexibility index (Phi) is 3.73. The van der Waals surface area contributed by atoms with E-state index in [2.05, 4.69) is 61.8 Å². The predicted octanol–water partition coefficient (Wildman–Crippen LogP) is 5.35. The van der Waals surface area contributed by atoms with E-state index in [1.807, 2.05) is 29.5 Å². The van der Waals surface area contributed by atoms with E-state index in [0.29, 0.717) is 0 Å². The Labute approximate surface area is 146 Å². The molecule has 0 radical (unpaired) electrons. The summed E-state index contributed by atoms with van der Waals surface area (Å²) in [5.41, 5.74) is 5.00. The van der Waals surface area contributed by atoms with Crippen molar-refractivity contribution in [1.82, 2.24) is 0 Å². The number of rotatable bonds is 2. The van der Waals surface area contributed by atoms with Gasteiger partial charge in [0.1, 0.15) is 22.8 Å². The molecule has 0 bridgehead atoms. The molecule has 24 heavy (non-hydrogen) atoms. The van der Waals surface area contributed by atoms with E-state index >= 15 is 0 Å². The van der Waals surface area contributed by atoms with E-state index in [0.717, 1.165) is 18.1 Å². The molecular weight excluding hydrogens is 314 g/mol. The first kappa shape index (κ1) is 15.2. The Morgan fingerprint density at radius 2 is 1.96 bits per heavy atom. The summed E-state index contributed by atoms with van der Waals surface area (Å²) in [5.74, 6) is 1.83. The third kappa shape index (κ3) is 2.55. The number of allylic oxidation sites excluding steroid dienone is 2. The van der Waals surface area contributed by atoms with Crippen molar-refractivity contribution in [3.05, 3.63) is 70.4 Å². The highest BCUT2D eigenvalue weighted by Crippen LogP contribution is 2.33. The van der Waals surface area contributed by atoms with Gasteiger partial charge in [-0.15, -0.1) is 0 Å². The molecule has 2 aromatic carbocycles. The highest BCUT2D eigenvalue weighted by atomic mass is 32.1. The summed E-state index contributed by atoms with van der Waals surface area (Å²) in [4.78, 5) is 0. The van der Waals surface area contributed by atoms with E-state index in [9.17, 15) is 0 Å². The number of nitrogens with zero attached hydrogens (tertiary/aromatic N) is 1. The fourth-order valence-electron chi connectivity index (χ4n) is 3.17. The van der Waals surface area contributed by atoms with E-state index in [4.69, 9.17) is 4.74 Å². The highest BCUT2D eigenvalue weighted by molar-refractivity contribution is 7.18. The first-order valence-corrected chi connectivity index (χ1v) is 9.07. The maximum absolute atomic E-state index is 6.10. The number of benzene rings is 2. The molecule has 120 valence electrons. The van der Waals surface area contributed by atoms with Crippen LogP contribution >= 0.6 is 11.3 Å². The van der Waals surface area contributed by atoms with Gasteiger partial charge in [-0.3, -0.25) is 0 Å². The van der Waals surface area contributed by atoms with Crippen LogP contribution in [0.1, 0.15) is 30.0 Å². The standard InChI is InChI=1S/C21H20NOS/c1-4-22-18-11-14(2)9-10-20(18)24-21(22)13-16-12-15(3)17-7-5-6-8-19(17)23-16/h5-13H,4H2,1-3H3/q+1/b16-13+. The Hall–Kier alpha value is -2.39. The molecule has 0 aliphatic carbocycles. The maximum atomic E-state index is 6.10. The number of fused-ring (bicyclic) bond motifs is 2. The molecule has 4 rings (SSSR count). The summed E-state index contributed by atoms with van der Waals surface area (Å²) in [6, 6.07) is 14.8. The lowest BCUT2D eigenvalue weighted by Crippen LogP contribution is -2.33. The minimum Gasteiger partial charge on any atom is -0.456 e. The first-order chi connectivity index (χ1) is 11.7. The zero-order valence-electron chi connectivity index (χ0n) is 14.2. The Bertz CT molecular complexity index is 994. The Morgan fingerprint density at radius 3 is 2.79 bits per heavy atom. The summed E-state index contributed by atoms with van der Waals surface area (Å²) in [7, 11) is 0. The van der Waals surface area contributed by atoms with Gasteiger partial charge >= 0.3 is 0 Å². The van der Waals surface area contributed by atoms with Gasteiger partial charge in [0.15, 0.2) is 0 Å². The number of aromatic nitrogens is 1. The van der Waals surface area contributed by atoms with E-state index < -0.39 is 0 Å². The largest absolute Gasteiger partial charge is 0.456 e. The third-order valence-electron chi connectivity index (χ3n) is 4.37. The van der Waals surface area contributed by atoms with Crippen LogP contribution in [0.15, 0.2) is 54.3 Å². The number of thiazole rings is 1. The fourth-order valence-corrected chi connectivity index (χ4v) is 4.31. The summed E-state index contributed by atoms with van der Waals surface area (Å²) in [5, 5.41) is 1.22. The van der Waals surface area contributed by atoms with Crippen molar-refractivity contribution in [2.75, 3.05) is 0 Å². The molecule has 2 nitrogen and oxygen atoms in total. The van der Waals surface area contributed by atoms with Crippen molar-refractivity contribution < 1.29 is 9.30 Å². The topological polar surface area (TPSA) is 13.1 Å². The molecule has 0 fully saturated rings. The van der Waals surface area contributed by atoms with Gasteiger partial charge in [0, 0.05) is 11.6 Å². The van der Waals surface area contributed by atoms with Gasteiger partial charge in [0.25, 0.3) is 5.01 Å². The predicted molar refractivity (Wildman–Crippen MR) is 101 cm³/mol. The average Bonchev–Trinajstić information content (AvgIpc) is 2.91. The third-order valence-corrected chi connectivity index (χ3v) is 5.48. The summed E-state index contributed by atoms with van der Waals surface area (Å²) in [6.07, 6.45) is 4.28.